The van der Waals surface area contributed by atoms with E-state index < -0.39 is 29.7 Å². The van der Waals surface area contributed by atoms with Gasteiger partial charge in [0.2, 0.25) is 0 Å². The Bertz CT molecular complexity index is 1050. The van der Waals surface area contributed by atoms with E-state index in [1.807, 2.05) is 56.3 Å². The third-order valence-corrected chi connectivity index (χ3v) is 8.38. The topological polar surface area (TPSA) is 83.8 Å². The molecule has 34 heavy (non-hydrogen) atoms. The van der Waals surface area contributed by atoms with Crippen LogP contribution >= 0.6 is 0 Å². The van der Waals surface area contributed by atoms with Gasteiger partial charge in [-0.2, -0.15) is 0 Å². The molecule has 7 atom stereocenters. The summed E-state index contributed by atoms with van der Waals surface area (Å²) < 4.78 is 5.80. The van der Waals surface area contributed by atoms with Gasteiger partial charge in [0.1, 0.15) is 11.7 Å². The number of hydrogen-bond acceptors (Lipinski definition) is 5. The highest BCUT2D eigenvalue weighted by Gasteiger charge is 2.61. The number of Topliss-reactive ketones (excluding diaryl/α,β-unsaturated/α-hetero) is 1. The maximum absolute atomic E-state index is 13.6. The third-order valence-electron chi connectivity index (χ3n) is 8.38. The number of aliphatic hydroxyl groups is 2. The molecule has 0 aromatic heterocycles. The Labute approximate surface area is 202 Å². The summed E-state index contributed by atoms with van der Waals surface area (Å²) in [4.78, 5) is 26.3. The predicted octanol–water partition coefficient (Wildman–Crippen LogP) is 4.50. The first kappa shape index (κ1) is 24.6. The summed E-state index contributed by atoms with van der Waals surface area (Å²) in [5.74, 6) is -1.52. The maximum atomic E-state index is 13.6. The largest absolute Gasteiger partial charge is 0.458 e. The van der Waals surface area contributed by atoms with Crippen LogP contribution in [0.25, 0.3) is 6.08 Å². The van der Waals surface area contributed by atoms with Crippen LogP contribution < -0.4 is 0 Å². The number of esters is 1. The molecule has 1 aromatic rings. The quantitative estimate of drug-likeness (QED) is 0.391. The molecule has 0 bridgehead atoms. The number of allylic oxidation sites excluding steroid dienone is 2. The maximum Gasteiger partial charge on any atom is 0.331 e. The number of carbonyl (C=O) groups is 2. The molecule has 2 N–H and O–H groups in total. The molecular weight excluding hydrogens is 428 g/mol. The van der Waals surface area contributed by atoms with Crippen LogP contribution in [0, 0.1) is 29.1 Å². The summed E-state index contributed by atoms with van der Waals surface area (Å²) in [7, 11) is 0. The van der Waals surface area contributed by atoms with Crippen molar-refractivity contribution in [3.05, 3.63) is 65.3 Å². The molecule has 0 saturated heterocycles. The monoisotopic (exact) mass is 464 g/mol. The first-order chi connectivity index (χ1) is 16.0. The lowest BCUT2D eigenvalue weighted by Gasteiger charge is -2.35. The molecule has 2 fully saturated rings. The van der Waals surface area contributed by atoms with Crippen molar-refractivity contribution in [2.45, 2.75) is 65.3 Å². The number of fused-ring (bicyclic) bond motifs is 2. The van der Waals surface area contributed by atoms with Gasteiger partial charge in [0, 0.05) is 6.08 Å². The van der Waals surface area contributed by atoms with Gasteiger partial charge in [-0.1, -0.05) is 63.3 Å². The average molecular weight is 465 g/mol. The number of carbonyl (C=O) groups excluding carboxylic acids is 2. The van der Waals surface area contributed by atoms with E-state index in [2.05, 4.69) is 13.8 Å². The molecule has 4 rings (SSSR count). The van der Waals surface area contributed by atoms with E-state index in [0.717, 1.165) is 12.0 Å². The summed E-state index contributed by atoms with van der Waals surface area (Å²) in [6, 6.07) is 9.41. The molecule has 5 nitrogen and oxygen atoms in total. The van der Waals surface area contributed by atoms with Gasteiger partial charge < -0.3 is 14.9 Å². The van der Waals surface area contributed by atoms with Crippen molar-refractivity contribution in [1.82, 2.24) is 0 Å². The molecule has 1 aromatic carbocycles. The third kappa shape index (κ3) is 4.32. The second-order valence-electron chi connectivity index (χ2n) is 11.0. The Morgan fingerprint density at radius 1 is 1.18 bits per heavy atom. The minimum absolute atomic E-state index is 0.0800. The molecule has 3 aliphatic carbocycles. The number of ketones is 1. The zero-order chi connectivity index (χ0) is 24.8. The molecule has 182 valence electrons. The molecule has 7 unspecified atom stereocenters. The Hall–Kier alpha value is -2.50. The zero-order valence-electron chi connectivity index (χ0n) is 20.7. The summed E-state index contributed by atoms with van der Waals surface area (Å²) in [6.45, 7) is 9.81. The minimum atomic E-state index is -1.80. The van der Waals surface area contributed by atoms with E-state index in [0.29, 0.717) is 17.1 Å². The molecule has 3 aliphatic rings. The number of benzene rings is 1. The van der Waals surface area contributed by atoms with Crippen molar-refractivity contribution in [3.8, 4) is 0 Å². The molecule has 0 amide bonds. The number of rotatable bonds is 3. The van der Waals surface area contributed by atoms with E-state index in [-0.39, 0.29) is 29.5 Å². The molecular formula is C29H36O5. The molecule has 5 heteroatoms. The summed E-state index contributed by atoms with van der Waals surface area (Å²) in [5, 5.41) is 23.1. The predicted molar refractivity (Wildman–Crippen MR) is 131 cm³/mol. The van der Waals surface area contributed by atoms with Crippen molar-refractivity contribution in [2.24, 2.45) is 29.1 Å². The van der Waals surface area contributed by atoms with Crippen LogP contribution in [0.3, 0.4) is 0 Å². The van der Waals surface area contributed by atoms with E-state index in [1.54, 1.807) is 13.0 Å². The fourth-order valence-corrected chi connectivity index (χ4v) is 6.12. The highest BCUT2D eigenvalue weighted by atomic mass is 16.5. The number of ether oxygens (including phenoxy) is 1. The number of hydrogen-bond donors (Lipinski definition) is 2. The second kappa shape index (κ2) is 8.94. The highest BCUT2D eigenvalue weighted by molar-refractivity contribution is 6.02. The van der Waals surface area contributed by atoms with Gasteiger partial charge in [-0.3, -0.25) is 4.79 Å². The van der Waals surface area contributed by atoms with Crippen LogP contribution in [0.15, 0.2) is 59.7 Å². The first-order valence-electron chi connectivity index (χ1n) is 12.2. The highest BCUT2D eigenvalue weighted by Crippen LogP contribution is 2.61. The number of aliphatic hydroxyl groups excluding tert-OH is 1. The summed E-state index contributed by atoms with van der Waals surface area (Å²) in [5.41, 5.74) is 0.356. The van der Waals surface area contributed by atoms with E-state index >= 15 is 0 Å². The Balaban J connectivity index is 1.65. The Morgan fingerprint density at radius 3 is 2.53 bits per heavy atom. The van der Waals surface area contributed by atoms with Crippen LogP contribution in [-0.4, -0.2) is 39.8 Å². The lowest BCUT2D eigenvalue weighted by atomic mass is 9.77. The lowest BCUT2D eigenvalue weighted by molar-refractivity contribution is -0.157. The zero-order valence-corrected chi connectivity index (χ0v) is 20.7. The molecule has 0 radical (unpaired) electrons. The van der Waals surface area contributed by atoms with E-state index in [1.165, 1.54) is 6.08 Å². The standard InChI is InChI=1S/C29H36O5/c1-17-11-13-21-22(28(21,4)5)15-18(2)27(32)29(33)16-19(3)26(24(29)25(17)31)34-23(30)14-12-20-9-7-6-8-10-20/h6-12,14-15,19,21-22,24-26,31,33H,13,16H2,1-5H3. The van der Waals surface area contributed by atoms with Crippen LogP contribution in [0.1, 0.15) is 53.0 Å². The Morgan fingerprint density at radius 2 is 1.85 bits per heavy atom. The fourth-order valence-electron chi connectivity index (χ4n) is 6.12. The smallest absolute Gasteiger partial charge is 0.331 e. The SMILES string of the molecule is CC1=CC2C(CC=C(C)C(O)C3C(OC(=O)C=Cc4ccccc4)C(C)CC3(O)C1=O)C2(C)C. The van der Waals surface area contributed by atoms with E-state index in [4.69, 9.17) is 4.74 Å². The van der Waals surface area contributed by atoms with Crippen molar-refractivity contribution < 1.29 is 24.5 Å². The Kier molecular flexibility index (Phi) is 6.47. The van der Waals surface area contributed by atoms with Gasteiger partial charge in [0.05, 0.1) is 12.0 Å². The summed E-state index contributed by atoms with van der Waals surface area (Å²) in [6.07, 6.45) is 6.07. The first-order valence-corrected chi connectivity index (χ1v) is 12.2. The fraction of sp³-hybridized carbons (Fsp3) is 0.517. The van der Waals surface area contributed by atoms with Gasteiger partial charge in [0.15, 0.2) is 5.78 Å². The van der Waals surface area contributed by atoms with Gasteiger partial charge in [-0.25, -0.2) is 4.79 Å². The van der Waals surface area contributed by atoms with Crippen molar-refractivity contribution in [1.29, 1.82) is 0 Å². The van der Waals surface area contributed by atoms with Crippen molar-refractivity contribution >= 4 is 17.8 Å². The van der Waals surface area contributed by atoms with Gasteiger partial charge in [-0.15, -0.1) is 0 Å². The van der Waals surface area contributed by atoms with Crippen LogP contribution in [-0.2, 0) is 14.3 Å². The molecule has 0 aliphatic heterocycles. The van der Waals surface area contributed by atoms with E-state index in [9.17, 15) is 19.8 Å². The van der Waals surface area contributed by atoms with Gasteiger partial charge in [0.25, 0.3) is 0 Å². The van der Waals surface area contributed by atoms with Gasteiger partial charge >= 0.3 is 5.97 Å². The average Bonchev–Trinajstić information content (AvgIpc) is 3.20. The van der Waals surface area contributed by atoms with Crippen LogP contribution in [0.5, 0.6) is 0 Å². The summed E-state index contributed by atoms with van der Waals surface area (Å²) >= 11 is 0. The lowest BCUT2D eigenvalue weighted by Crippen LogP contribution is -2.51. The molecule has 2 saturated carbocycles. The van der Waals surface area contributed by atoms with Crippen molar-refractivity contribution in [3.63, 3.8) is 0 Å². The second-order valence-corrected chi connectivity index (χ2v) is 11.0. The normalized spacial score (nSPS) is 37.2. The van der Waals surface area contributed by atoms with Crippen LogP contribution in [0.2, 0.25) is 0 Å². The minimum Gasteiger partial charge on any atom is -0.458 e. The van der Waals surface area contributed by atoms with Gasteiger partial charge in [-0.05, 0) is 72.6 Å². The van der Waals surface area contributed by atoms with Crippen LogP contribution in [0.4, 0.5) is 0 Å². The molecule has 0 spiro atoms. The van der Waals surface area contributed by atoms with Crippen molar-refractivity contribution in [2.75, 3.05) is 0 Å². The molecule has 0 heterocycles.